The van der Waals surface area contributed by atoms with E-state index in [1.807, 2.05) is 45.9 Å². The first-order chi connectivity index (χ1) is 26.1. The molecule has 56 heavy (non-hydrogen) atoms. The minimum atomic E-state index is -0.622. The third-order valence-electron chi connectivity index (χ3n) is 18.0. The SMILES string of the molecule is CC(C)C1=C2[C@H]3CC[C@@H]4[C@@]5(C)CC[C@H](OC(=O)[C@H]6C[C@@H](OC=O)C6(C)C)C(C)(C)[C@@H]5CC[C@@]4(C)[C@]3(C)CC[C@@]2(NC(=O)C(C)(C)CCc2ccccn2)CC1=O. The molecular weight excluding hydrogens is 701 g/mol. The molecule has 7 rings (SSSR count). The molecule has 1 aromatic heterocycles. The molecule has 1 aromatic rings. The van der Waals surface area contributed by atoms with Crippen LogP contribution in [0.2, 0.25) is 0 Å². The molecule has 6 aliphatic carbocycles. The van der Waals surface area contributed by atoms with E-state index in [9.17, 15) is 19.2 Å². The molecule has 0 radical (unpaired) electrons. The van der Waals surface area contributed by atoms with Gasteiger partial charge in [0.1, 0.15) is 12.2 Å². The average Bonchev–Trinajstić information content (AvgIpc) is 3.42. The number of fused-ring (bicyclic) bond motifs is 7. The van der Waals surface area contributed by atoms with Crippen LogP contribution in [-0.4, -0.2) is 46.9 Å². The number of ether oxygens (including phenoxy) is 2. The summed E-state index contributed by atoms with van der Waals surface area (Å²) in [7, 11) is 0. The summed E-state index contributed by atoms with van der Waals surface area (Å²) in [4.78, 5) is 57.7. The molecule has 1 heterocycles. The number of esters is 1. The van der Waals surface area contributed by atoms with Gasteiger partial charge in [0.2, 0.25) is 5.91 Å². The highest BCUT2D eigenvalue weighted by Crippen LogP contribution is 2.76. The molecule has 6 aliphatic rings. The third kappa shape index (κ3) is 6.06. The van der Waals surface area contributed by atoms with Gasteiger partial charge in [0.25, 0.3) is 6.47 Å². The molecule has 5 fully saturated rings. The Morgan fingerprint density at radius 3 is 2.29 bits per heavy atom. The number of nitrogens with one attached hydrogen (secondary N) is 1. The van der Waals surface area contributed by atoms with Gasteiger partial charge in [-0.1, -0.05) is 82.2 Å². The summed E-state index contributed by atoms with van der Waals surface area (Å²) in [6.45, 7) is 25.2. The summed E-state index contributed by atoms with van der Waals surface area (Å²) in [6.07, 6.45) is 11.7. The Morgan fingerprint density at radius 1 is 0.911 bits per heavy atom. The van der Waals surface area contributed by atoms with Crippen molar-refractivity contribution in [3.05, 3.63) is 41.2 Å². The Hall–Kier alpha value is -3.03. The highest BCUT2D eigenvalue weighted by Gasteiger charge is 2.70. The molecule has 5 saturated carbocycles. The fraction of sp³-hybridized carbons (Fsp3) is 0.771. The number of pyridine rings is 1. The zero-order valence-corrected chi connectivity index (χ0v) is 36.3. The topological polar surface area (TPSA) is 112 Å². The van der Waals surface area contributed by atoms with E-state index in [1.54, 1.807) is 6.20 Å². The van der Waals surface area contributed by atoms with Gasteiger partial charge in [0, 0.05) is 34.6 Å². The molecule has 0 unspecified atom stereocenters. The van der Waals surface area contributed by atoms with Crippen LogP contribution in [0, 0.1) is 62.1 Å². The van der Waals surface area contributed by atoms with E-state index >= 15 is 0 Å². The molecule has 8 nitrogen and oxygen atoms in total. The second kappa shape index (κ2) is 13.8. The minimum Gasteiger partial charge on any atom is -0.464 e. The Balaban J connectivity index is 1.13. The van der Waals surface area contributed by atoms with E-state index < -0.39 is 16.4 Å². The van der Waals surface area contributed by atoms with Crippen molar-refractivity contribution in [1.29, 1.82) is 0 Å². The van der Waals surface area contributed by atoms with E-state index in [4.69, 9.17) is 9.47 Å². The number of carbonyl (C=O) groups is 4. The maximum absolute atomic E-state index is 14.4. The van der Waals surface area contributed by atoms with Gasteiger partial charge in [-0.05, 0) is 134 Å². The molecule has 0 spiro atoms. The van der Waals surface area contributed by atoms with Gasteiger partial charge < -0.3 is 14.8 Å². The van der Waals surface area contributed by atoms with Crippen molar-refractivity contribution < 1.29 is 28.7 Å². The average molecular weight is 771 g/mol. The van der Waals surface area contributed by atoms with E-state index in [0.717, 1.165) is 69.1 Å². The first-order valence-electron chi connectivity index (χ1n) is 21.9. The van der Waals surface area contributed by atoms with Crippen molar-refractivity contribution >= 4 is 24.1 Å². The molecule has 1 N–H and O–H groups in total. The lowest BCUT2D eigenvalue weighted by Gasteiger charge is -2.72. The number of ketones is 1. The molecule has 10 atom stereocenters. The lowest BCUT2D eigenvalue weighted by Crippen LogP contribution is -2.67. The van der Waals surface area contributed by atoms with E-state index in [2.05, 4.69) is 58.8 Å². The van der Waals surface area contributed by atoms with Crippen LogP contribution in [0.1, 0.15) is 152 Å². The summed E-state index contributed by atoms with van der Waals surface area (Å²) in [5.41, 5.74) is 1.52. The first kappa shape index (κ1) is 41.1. The van der Waals surface area contributed by atoms with Crippen LogP contribution >= 0.6 is 0 Å². The number of aryl methyl sites for hydroxylation is 1. The Morgan fingerprint density at radius 2 is 1.64 bits per heavy atom. The van der Waals surface area contributed by atoms with Crippen molar-refractivity contribution in [2.24, 2.45) is 62.1 Å². The maximum Gasteiger partial charge on any atom is 0.310 e. The first-order valence-corrected chi connectivity index (χ1v) is 21.9. The van der Waals surface area contributed by atoms with Gasteiger partial charge >= 0.3 is 5.97 Å². The van der Waals surface area contributed by atoms with Crippen molar-refractivity contribution in [2.45, 2.75) is 171 Å². The third-order valence-corrected chi connectivity index (χ3v) is 18.0. The number of nitrogens with zero attached hydrogens (tertiary/aromatic N) is 1. The number of carbonyl (C=O) groups excluding carboxylic acids is 4. The molecule has 0 aromatic carbocycles. The van der Waals surface area contributed by atoms with Gasteiger partial charge in [0.05, 0.1) is 11.5 Å². The lowest BCUT2D eigenvalue weighted by atomic mass is 9.33. The summed E-state index contributed by atoms with van der Waals surface area (Å²) < 4.78 is 11.7. The van der Waals surface area contributed by atoms with Crippen LogP contribution in [0.15, 0.2) is 35.5 Å². The smallest absolute Gasteiger partial charge is 0.310 e. The Labute approximate surface area is 336 Å². The highest BCUT2D eigenvalue weighted by molar-refractivity contribution is 6.02. The predicted octanol–water partition coefficient (Wildman–Crippen LogP) is 9.39. The van der Waals surface area contributed by atoms with Gasteiger partial charge in [-0.2, -0.15) is 0 Å². The zero-order chi connectivity index (χ0) is 40.9. The summed E-state index contributed by atoms with van der Waals surface area (Å²) >= 11 is 0. The second-order valence-electron chi connectivity index (χ2n) is 22.1. The van der Waals surface area contributed by atoms with Gasteiger partial charge in [-0.3, -0.25) is 24.2 Å². The largest absolute Gasteiger partial charge is 0.464 e. The number of aromatic nitrogens is 1. The number of hydrogen-bond acceptors (Lipinski definition) is 7. The van der Waals surface area contributed by atoms with Crippen LogP contribution in [0.5, 0.6) is 0 Å². The Bertz CT molecular complexity index is 1780. The zero-order valence-electron chi connectivity index (χ0n) is 36.3. The van der Waals surface area contributed by atoms with Gasteiger partial charge in [-0.25, -0.2) is 0 Å². The molecule has 1 amide bonds. The van der Waals surface area contributed by atoms with Crippen LogP contribution in [-0.2, 0) is 35.1 Å². The molecule has 0 saturated heterocycles. The standard InChI is InChI=1S/C48H70N2O6/c1-29(2)38-33(52)27-48(50-41(54)42(3,4)20-17-30-14-12-13-25-49-30)24-23-46(10)31(39(38)48)15-16-35-45(9)21-19-36(44(7,8)34(45)18-22-47(35,46)11)56-40(53)32-26-37(55-28-51)43(32,5)6/h12-14,25,28-29,31-32,34-37H,15-24,26-27H2,1-11H3,(H,50,54)/t31-,32-,34+,35-,36+,37-,45+,46-,47-,48-/m1/s1. The van der Waals surface area contributed by atoms with Crippen LogP contribution in [0.25, 0.3) is 0 Å². The van der Waals surface area contributed by atoms with Crippen LogP contribution < -0.4 is 5.32 Å². The van der Waals surface area contributed by atoms with E-state index in [1.165, 1.54) is 5.57 Å². The number of allylic oxidation sites excluding steroid dienone is 1. The van der Waals surface area contributed by atoms with Crippen molar-refractivity contribution in [2.75, 3.05) is 0 Å². The van der Waals surface area contributed by atoms with E-state index in [0.29, 0.717) is 37.6 Å². The molecule has 0 bridgehead atoms. The second-order valence-corrected chi connectivity index (χ2v) is 22.1. The van der Waals surface area contributed by atoms with Crippen molar-refractivity contribution in [1.82, 2.24) is 10.3 Å². The quantitative estimate of drug-likeness (QED) is 0.186. The van der Waals surface area contributed by atoms with Crippen LogP contribution in [0.4, 0.5) is 0 Å². The molecule has 308 valence electrons. The molecule has 0 aliphatic heterocycles. The fourth-order valence-electron chi connectivity index (χ4n) is 14.2. The number of hydrogen-bond donors (Lipinski definition) is 1. The maximum atomic E-state index is 14.4. The van der Waals surface area contributed by atoms with Crippen molar-refractivity contribution in [3.8, 4) is 0 Å². The summed E-state index contributed by atoms with van der Waals surface area (Å²) in [5.74, 6) is 1.10. The summed E-state index contributed by atoms with van der Waals surface area (Å²) in [5, 5.41) is 3.63. The number of rotatable bonds is 10. The Kier molecular flexibility index (Phi) is 10.1. The molecular formula is C48H70N2O6. The van der Waals surface area contributed by atoms with Gasteiger partial charge in [0.15, 0.2) is 5.78 Å². The number of Topliss-reactive ketones (excluding diaryl/α,β-unsaturated/α-hetero) is 1. The van der Waals surface area contributed by atoms with E-state index in [-0.39, 0.29) is 69.3 Å². The number of amides is 1. The highest BCUT2D eigenvalue weighted by atomic mass is 16.6. The monoisotopic (exact) mass is 771 g/mol. The van der Waals surface area contributed by atoms with Crippen LogP contribution in [0.3, 0.4) is 0 Å². The fourth-order valence-corrected chi connectivity index (χ4v) is 14.2. The minimum absolute atomic E-state index is 0.0178. The lowest BCUT2D eigenvalue weighted by molar-refractivity contribution is -0.236. The summed E-state index contributed by atoms with van der Waals surface area (Å²) in [6, 6.07) is 5.93. The van der Waals surface area contributed by atoms with Gasteiger partial charge in [-0.15, -0.1) is 0 Å². The normalized spacial score (nSPS) is 39.7. The molecule has 8 heteroatoms. The predicted molar refractivity (Wildman–Crippen MR) is 217 cm³/mol. The van der Waals surface area contributed by atoms with Crippen molar-refractivity contribution in [3.63, 3.8) is 0 Å².